The molecule has 0 aliphatic carbocycles. The summed E-state index contributed by atoms with van der Waals surface area (Å²) < 4.78 is 32.7. The molecule has 1 N–H and O–H groups in total. The maximum Gasteiger partial charge on any atom is 0.271 e. The maximum absolute atomic E-state index is 12.8. The number of nitrogens with one attached hydrogen (secondary N) is 1. The number of carbonyl (C=O) groups excluding carboxylic acids is 1. The zero-order valence-electron chi connectivity index (χ0n) is 16.5. The molecule has 1 amide bonds. The molecule has 156 valence electrons. The van der Waals surface area contributed by atoms with E-state index in [2.05, 4.69) is 10.8 Å². The van der Waals surface area contributed by atoms with Crippen LogP contribution in [0.3, 0.4) is 0 Å². The van der Waals surface area contributed by atoms with Crippen molar-refractivity contribution in [2.24, 2.45) is 0 Å². The van der Waals surface area contributed by atoms with E-state index in [0.29, 0.717) is 18.8 Å². The third kappa shape index (κ3) is 4.49. The fraction of sp³-hybridized carbons (Fsp3) is 0.227. The average molecular weight is 443 g/mol. The predicted octanol–water partition coefficient (Wildman–Crippen LogP) is 3.68. The largest absolute Gasteiger partial charge is 0.497 e. The second-order valence-electron chi connectivity index (χ2n) is 7.11. The average Bonchev–Trinajstić information content (AvgIpc) is 3.30. The monoisotopic (exact) mass is 442 g/mol. The van der Waals surface area contributed by atoms with E-state index in [1.807, 2.05) is 17.0 Å². The summed E-state index contributed by atoms with van der Waals surface area (Å²) >= 11 is 1.17. The van der Waals surface area contributed by atoms with Crippen molar-refractivity contribution in [2.45, 2.75) is 23.6 Å². The summed E-state index contributed by atoms with van der Waals surface area (Å²) in [6, 6.07) is 16.2. The van der Waals surface area contributed by atoms with Crippen LogP contribution in [0.1, 0.15) is 16.7 Å². The van der Waals surface area contributed by atoms with E-state index in [-0.39, 0.29) is 16.5 Å². The molecular formula is C22H22N2O4S2. The van der Waals surface area contributed by atoms with E-state index in [1.165, 1.54) is 16.9 Å². The topological polar surface area (TPSA) is 75.7 Å². The molecule has 0 fully saturated rings. The van der Waals surface area contributed by atoms with Crippen molar-refractivity contribution >= 4 is 33.0 Å². The Labute approximate surface area is 180 Å². The van der Waals surface area contributed by atoms with Crippen molar-refractivity contribution in [1.29, 1.82) is 0 Å². The number of sulfonamides is 1. The van der Waals surface area contributed by atoms with Crippen LogP contribution >= 0.6 is 11.3 Å². The minimum Gasteiger partial charge on any atom is -0.497 e. The van der Waals surface area contributed by atoms with Gasteiger partial charge in [0, 0.05) is 18.8 Å². The number of hydrogen-bond donors (Lipinski definition) is 1. The predicted molar refractivity (Wildman–Crippen MR) is 117 cm³/mol. The number of ether oxygens (including phenoxy) is 1. The van der Waals surface area contributed by atoms with Crippen molar-refractivity contribution < 1.29 is 17.9 Å². The molecule has 0 bridgehead atoms. The van der Waals surface area contributed by atoms with Gasteiger partial charge in [-0.15, -0.1) is 11.3 Å². The van der Waals surface area contributed by atoms with Gasteiger partial charge in [0.15, 0.2) is 0 Å². The van der Waals surface area contributed by atoms with Gasteiger partial charge >= 0.3 is 0 Å². The highest BCUT2D eigenvalue weighted by Crippen LogP contribution is 2.25. The Bertz CT molecular complexity index is 1140. The quantitative estimate of drug-likeness (QED) is 0.632. The van der Waals surface area contributed by atoms with Crippen molar-refractivity contribution in [2.75, 3.05) is 18.4 Å². The summed E-state index contributed by atoms with van der Waals surface area (Å²) in [6.07, 6.45) is 1.10. The van der Waals surface area contributed by atoms with Gasteiger partial charge in [-0.25, -0.2) is 8.42 Å². The molecule has 0 unspecified atom stereocenters. The molecule has 3 aromatic rings. The fourth-order valence-electron chi connectivity index (χ4n) is 3.47. The van der Waals surface area contributed by atoms with E-state index < -0.39 is 10.0 Å². The number of anilines is 1. The van der Waals surface area contributed by atoms with Gasteiger partial charge in [-0.3, -0.25) is 9.52 Å². The number of hydrogen-bond acceptors (Lipinski definition) is 5. The summed E-state index contributed by atoms with van der Waals surface area (Å²) in [5.41, 5.74) is 3.68. The lowest BCUT2D eigenvalue weighted by atomic mass is 9.99. The highest BCUT2D eigenvalue weighted by atomic mass is 32.2. The molecule has 0 atom stereocenters. The molecule has 1 aromatic heterocycles. The third-order valence-corrected chi connectivity index (χ3v) is 7.88. The van der Waals surface area contributed by atoms with Crippen LogP contribution in [0.5, 0.6) is 5.75 Å². The highest BCUT2D eigenvalue weighted by Gasteiger charge is 2.21. The Morgan fingerprint density at radius 2 is 1.93 bits per heavy atom. The summed E-state index contributed by atoms with van der Waals surface area (Å²) in [7, 11) is -1.94. The number of thiophene rings is 1. The lowest BCUT2D eigenvalue weighted by molar-refractivity contribution is -0.131. The molecule has 8 heteroatoms. The van der Waals surface area contributed by atoms with Gasteiger partial charge in [0.2, 0.25) is 5.91 Å². The molecular weight excluding hydrogens is 420 g/mol. The number of amides is 1. The van der Waals surface area contributed by atoms with E-state index in [9.17, 15) is 13.2 Å². The fourth-order valence-corrected chi connectivity index (χ4v) is 5.52. The van der Waals surface area contributed by atoms with Crippen LogP contribution in [0.2, 0.25) is 0 Å². The molecule has 0 saturated heterocycles. The van der Waals surface area contributed by atoms with Crippen LogP contribution in [0, 0.1) is 0 Å². The summed E-state index contributed by atoms with van der Waals surface area (Å²) in [5.74, 6) is 0.846. The number of rotatable bonds is 6. The SMILES string of the molecule is COc1ccc2c(c1)CN(C(=O)Cc1ccc(NS(=O)(=O)c3cccs3)cc1)CC2. The number of benzene rings is 2. The second-order valence-corrected chi connectivity index (χ2v) is 9.97. The van der Waals surface area contributed by atoms with E-state index in [1.54, 1.807) is 48.9 Å². The first-order chi connectivity index (χ1) is 14.4. The van der Waals surface area contributed by atoms with Crippen molar-refractivity contribution in [3.63, 3.8) is 0 Å². The first kappa shape index (κ1) is 20.4. The van der Waals surface area contributed by atoms with Gasteiger partial charge in [-0.1, -0.05) is 24.3 Å². The van der Waals surface area contributed by atoms with Gasteiger partial charge < -0.3 is 9.64 Å². The molecule has 30 heavy (non-hydrogen) atoms. The summed E-state index contributed by atoms with van der Waals surface area (Å²) in [5, 5.41) is 1.72. The van der Waals surface area contributed by atoms with Crippen LogP contribution in [-0.4, -0.2) is 32.9 Å². The maximum atomic E-state index is 12.8. The van der Waals surface area contributed by atoms with Gasteiger partial charge in [0.25, 0.3) is 10.0 Å². The molecule has 6 nitrogen and oxygen atoms in total. The highest BCUT2D eigenvalue weighted by molar-refractivity contribution is 7.94. The second kappa shape index (κ2) is 8.49. The van der Waals surface area contributed by atoms with Gasteiger partial charge in [-0.05, 0) is 58.8 Å². The molecule has 0 spiro atoms. The molecule has 0 saturated carbocycles. The number of carbonyl (C=O) groups is 1. The molecule has 2 aromatic carbocycles. The Balaban J connectivity index is 1.39. The van der Waals surface area contributed by atoms with E-state index in [0.717, 1.165) is 23.3 Å². The zero-order chi connectivity index (χ0) is 21.1. The molecule has 0 radical (unpaired) electrons. The number of fused-ring (bicyclic) bond motifs is 1. The number of methoxy groups -OCH3 is 1. The van der Waals surface area contributed by atoms with Crippen LogP contribution in [0.15, 0.2) is 64.2 Å². The van der Waals surface area contributed by atoms with Crippen LogP contribution in [0.4, 0.5) is 5.69 Å². The summed E-state index contributed by atoms with van der Waals surface area (Å²) in [4.78, 5) is 14.6. The zero-order valence-corrected chi connectivity index (χ0v) is 18.1. The Morgan fingerprint density at radius 1 is 1.13 bits per heavy atom. The Hall–Kier alpha value is -2.84. The normalized spacial score (nSPS) is 13.6. The number of nitrogens with zero attached hydrogens (tertiary/aromatic N) is 1. The minimum atomic E-state index is -3.57. The Kier molecular flexibility index (Phi) is 5.78. The first-order valence-electron chi connectivity index (χ1n) is 9.53. The van der Waals surface area contributed by atoms with E-state index in [4.69, 9.17) is 4.74 Å². The van der Waals surface area contributed by atoms with Crippen LogP contribution in [0.25, 0.3) is 0 Å². The van der Waals surface area contributed by atoms with Crippen LogP contribution in [-0.2, 0) is 34.2 Å². The Morgan fingerprint density at radius 3 is 2.63 bits per heavy atom. The smallest absolute Gasteiger partial charge is 0.271 e. The molecule has 1 aliphatic heterocycles. The van der Waals surface area contributed by atoms with Gasteiger partial charge in [0.1, 0.15) is 9.96 Å². The lowest BCUT2D eigenvalue weighted by Crippen LogP contribution is -2.36. The minimum absolute atomic E-state index is 0.0513. The van der Waals surface area contributed by atoms with Gasteiger partial charge in [0.05, 0.1) is 13.5 Å². The molecule has 1 aliphatic rings. The third-order valence-electron chi connectivity index (χ3n) is 5.10. The standard InChI is InChI=1S/C22H22N2O4S2/c1-28-20-9-6-17-10-11-24(15-18(17)14-20)21(25)13-16-4-7-19(8-5-16)23-30(26,27)22-3-2-12-29-22/h2-9,12,14,23H,10-11,13,15H2,1H3. The summed E-state index contributed by atoms with van der Waals surface area (Å²) in [6.45, 7) is 1.26. The molecule has 4 rings (SSSR count). The van der Waals surface area contributed by atoms with Crippen molar-refractivity contribution in [1.82, 2.24) is 4.90 Å². The lowest BCUT2D eigenvalue weighted by Gasteiger charge is -2.29. The van der Waals surface area contributed by atoms with Crippen molar-refractivity contribution in [3.05, 3.63) is 76.7 Å². The van der Waals surface area contributed by atoms with Crippen LogP contribution < -0.4 is 9.46 Å². The van der Waals surface area contributed by atoms with E-state index >= 15 is 0 Å². The first-order valence-corrected chi connectivity index (χ1v) is 11.9. The van der Waals surface area contributed by atoms with Gasteiger partial charge in [-0.2, -0.15) is 0 Å². The molecule has 2 heterocycles. The van der Waals surface area contributed by atoms with Crippen molar-refractivity contribution in [3.8, 4) is 5.75 Å².